The van der Waals surface area contributed by atoms with Crippen LogP contribution in [0, 0.1) is 29.6 Å². The number of pyridine rings is 1. The topological polar surface area (TPSA) is 56.3 Å². The molecule has 5 heteroatoms. The smallest absolute Gasteiger partial charge is 0.280 e. The van der Waals surface area contributed by atoms with Crippen LogP contribution in [0.5, 0.6) is 0 Å². The summed E-state index contributed by atoms with van der Waals surface area (Å²) >= 11 is 0. The fraction of sp³-hybridized carbons (Fsp3) is 0.133. The number of hydrogen-bond donors (Lipinski definition) is 1. The van der Waals surface area contributed by atoms with Crippen molar-refractivity contribution in [3.63, 3.8) is 0 Å². The second-order valence-electron chi connectivity index (χ2n) is 14.9. The molecule has 2 aromatic carbocycles. The van der Waals surface area contributed by atoms with Crippen molar-refractivity contribution in [2.75, 3.05) is 4.90 Å². The van der Waals surface area contributed by atoms with E-state index in [4.69, 9.17) is 0 Å². The summed E-state index contributed by atoms with van der Waals surface area (Å²) < 4.78 is 1.93. The number of nitrogens with zero attached hydrogens (tertiary/aromatic N) is 2. The Hall–Kier alpha value is -6.07. The van der Waals surface area contributed by atoms with Gasteiger partial charge in [0.15, 0.2) is 0 Å². The highest BCUT2D eigenvalue weighted by molar-refractivity contribution is 6.15. The van der Waals surface area contributed by atoms with E-state index in [-0.39, 0.29) is 47.0 Å². The predicted molar refractivity (Wildman–Crippen MR) is 197 cm³/mol. The molecule has 6 atom stereocenters. The summed E-state index contributed by atoms with van der Waals surface area (Å²) in [5.74, 6) is 1.06. The van der Waals surface area contributed by atoms with Crippen LogP contribution in [0.2, 0.25) is 0 Å². The summed E-state index contributed by atoms with van der Waals surface area (Å²) in [5, 5.41) is 2.29. The molecule has 5 nitrogen and oxygen atoms in total. The van der Waals surface area contributed by atoms with Gasteiger partial charge in [0.25, 0.3) is 5.82 Å². The molecular weight excluding hydrogens is 615 g/mol. The molecule has 6 unspecified atom stereocenters. The first kappa shape index (κ1) is 25.9. The highest BCUT2D eigenvalue weighted by atomic mass is 16.2. The zero-order valence-electron chi connectivity index (χ0n) is 26.8. The zero-order chi connectivity index (χ0) is 32.6. The number of rotatable bonds is 0. The maximum Gasteiger partial charge on any atom is 0.346 e. The van der Waals surface area contributed by atoms with Gasteiger partial charge in [-0.25, -0.2) is 9.79 Å². The van der Waals surface area contributed by atoms with Crippen LogP contribution in [0.15, 0.2) is 148 Å². The van der Waals surface area contributed by atoms with E-state index in [1.165, 1.54) is 27.9 Å². The van der Waals surface area contributed by atoms with Gasteiger partial charge < -0.3 is 0 Å². The van der Waals surface area contributed by atoms with Gasteiger partial charge >= 0.3 is 5.56 Å². The van der Waals surface area contributed by atoms with Crippen LogP contribution in [0.25, 0.3) is 34.7 Å². The molecule has 7 aliphatic carbocycles. The normalized spacial score (nSPS) is 29.9. The number of carbonyl (C=O) groups excluding carboxylic acids is 1. The van der Waals surface area contributed by atoms with E-state index >= 15 is 0 Å². The van der Waals surface area contributed by atoms with Crippen LogP contribution in [-0.2, 0) is 4.79 Å². The Morgan fingerprint density at radius 2 is 1.56 bits per heavy atom. The third-order valence-electron chi connectivity index (χ3n) is 12.9. The molecule has 234 valence electrons. The van der Waals surface area contributed by atoms with Crippen LogP contribution >= 0.6 is 0 Å². The third kappa shape index (κ3) is 2.82. The van der Waals surface area contributed by atoms with E-state index in [9.17, 15) is 9.59 Å². The summed E-state index contributed by atoms with van der Waals surface area (Å²) in [7, 11) is 0. The number of aromatic nitrogens is 1. The average Bonchev–Trinajstić information content (AvgIpc) is 3.15. The minimum Gasteiger partial charge on any atom is -0.280 e. The molecular formula is C45H28N3O2+. The Balaban J connectivity index is 1.02. The summed E-state index contributed by atoms with van der Waals surface area (Å²) in [5.41, 5.74) is 14.7. The number of carbonyl (C=O) groups is 1. The van der Waals surface area contributed by atoms with Gasteiger partial charge in [-0.15, -0.1) is 0 Å². The van der Waals surface area contributed by atoms with E-state index in [0.717, 1.165) is 61.6 Å². The molecule has 1 fully saturated rings. The minimum absolute atomic E-state index is 0.0317. The molecule has 1 saturated heterocycles. The van der Waals surface area contributed by atoms with E-state index in [2.05, 4.69) is 133 Å². The number of piperidine rings is 1. The monoisotopic (exact) mass is 642 g/mol. The molecule has 0 saturated carbocycles. The van der Waals surface area contributed by atoms with E-state index in [1.54, 1.807) is 0 Å². The Morgan fingerprint density at radius 1 is 0.740 bits per heavy atom. The molecule has 4 heterocycles. The van der Waals surface area contributed by atoms with Crippen molar-refractivity contribution in [2.45, 2.75) is 5.92 Å². The maximum atomic E-state index is 14.6. The lowest BCUT2D eigenvalue weighted by atomic mass is 9.53. The minimum atomic E-state index is -0.271. The molecule has 50 heavy (non-hydrogen) atoms. The molecule has 1 N–H and O–H groups in total. The highest BCUT2D eigenvalue weighted by Crippen LogP contribution is 2.62. The quantitative estimate of drug-likeness (QED) is 0.307. The van der Waals surface area contributed by atoms with Gasteiger partial charge in [-0.1, -0.05) is 97.2 Å². The zero-order valence-corrected chi connectivity index (χ0v) is 26.8. The Kier molecular flexibility index (Phi) is 4.43. The lowest BCUT2D eigenvalue weighted by molar-refractivity contribution is -0.365. The van der Waals surface area contributed by atoms with Crippen LogP contribution in [0.3, 0.4) is 0 Å². The molecule has 0 spiro atoms. The maximum absolute atomic E-state index is 14.6. The van der Waals surface area contributed by atoms with Gasteiger partial charge in [0.05, 0.1) is 28.4 Å². The third-order valence-corrected chi connectivity index (χ3v) is 12.9. The van der Waals surface area contributed by atoms with Crippen LogP contribution < -0.4 is 15.5 Å². The lowest BCUT2D eigenvalue weighted by Gasteiger charge is -2.52. The number of fused-ring (bicyclic) bond motifs is 8. The first-order chi connectivity index (χ1) is 24.7. The Labute approximate surface area is 287 Å². The summed E-state index contributed by atoms with van der Waals surface area (Å²) in [6.07, 6.45) is 33.0. The van der Waals surface area contributed by atoms with Crippen molar-refractivity contribution in [3.05, 3.63) is 175 Å². The fourth-order valence-electron chi connectivity index (χ4n) is 11.0. The molecule has 3 aromatic rings. The van der Waals surface area contributed by atoms with Crippen molar-refractivity contribution in [1.82, 2.24) is 4.57 Å². The largest absolute Gasteiger partial charge is 0.346 e. The standard InChI is InChI=1S/C45H27N3O2/c49-44-31-19-15-27-28-16-20-32-42-30(43-46-33-10-2-6-23-8-4-12-35(38(23)33)48(43)45(32)50)18-14-26(40(28)42)25-13-17-29(41(31)39(25)27)36-21-24-9-1-5-22-7-3-11-34(37(22)24)47(36)44/h1-21,26,28,31,38,40-41H/p+1. The van der Waals surface area contributed by atoms with Gasteiger partial charge in [0, 0.05) is 29.1 Å². The van der Waals surface area contributed by atoms with Crippen molar-refractivity contribution in [1.29, 1.82) is 0 Å². The summed E-state index contributed by atoms with van der Waals surface area (Å²) in [4.78, 5) is 34.9. The van der Waals surface area contributed by atoms with E-state index in [1.807, 2.05) is 9.47 Å². The molecule has 1 aromatic heterocycles. The van der Waals surface area contributed by atoms with Crippen molar-refractivity contribution >= 4 is 57.8 Å². The van der Waals surface area contributed by atoms with E-state index in [0.29, 0.717) is 0 Å². The van der Waals surface area contributed by atoms with Gasteiger partial charge in [-0.3, -0.25) is 9.69 Å². The molecule has 3 aliphatic heterocycles. The fourth-order valence-corrected chi connectivity index (χ4v) is 11.0. The number of anilines is 1. The second kappa shape index (κ2) is 8.55. The number of allylic oxidation sites excluding steroid dienone is 17. The van der Waals surface area contributed by atoms with Gasteiger partial charge in [0.1, 0.15) is 17.3 Å². The molecule has 13 rings (SSSR count). The molecule has 0 bridgehead atoms. The second-order valence-corrected chi connectivity index (χ2v) is 14.9. The van der Waals surface area contributed by atoms with Crippen molar-refractivity contribution in [2.24, 2.45) is 29.6 Å². The number of benzene rings is 2. The number of amides is 1. The Morgan fingerprint density at radius 3 is 2.50 bits per heavy atom. The van der Waals surface area contributed by atoms with Crippen molar-refractivity contribution < 1.29 is 9.79 Å². The van der Waals surface area contributed by atoms with Gasteiger partial charge in [0.2, 0.25) is 5.91 Å². The summed E-state index contributed by atoms with van der Waals surface area (Å²) in [6.45, 7) is 0. The van der Waals surface area contributed by atoms with Crippen LogP contribution in [0.1, 0.15) is 28.2 Å². The van der Waals surface area contributed by atoms with Crippen LogP contribution in [0.4, 0.5) is 11.5 Å². The molecule has 1 amide bonds. The first-order valence-electron chi connectivity index (χ1n) is 17.7. The first-order valence-corrected chi connectivity index (χ1v) is 17.7. The van der Waals surface area contributed by atoms with Crippen molar-refractivity contribution in [3.8, 4) is 0 Å². The SMILES string of the molecule is O=C1C2C=CC3=C4C(=CC=C(C5=Cc6cccc7cccc(c67)N15)C42)C1C=Cc2c4c(c(=O)n5c2[NH+]=C2C=CC=C6C=CC=C5C62)C=CC3C41. The summed E-state index contributed by atoms with van der Waals surface area (Å²) in [6, 6.07) is 12.7. The predicted octanol–water partition coefficient (Wildman–Crippen LogP) is 6.44. The number of hydrogen-bond acceptors (Lipinski definition) is 2. The number of nitrogens with one attached hydrogen (secondary N) is 1. The highest BCUT2D eigenvalue weighted by Gasteiger charge is 2.54. The van der Waals surface area contributed by atoms with Crippen LogP contribution in [-0.4, -0.2) is 16.2 Å². The average molecular weight is 643 g/mol. The Bertz CT molecular complexity index is 2770. The van der Waals surface area contributed by atoms with E-state index < -0.39 is 0 Å². The lowest BCUT2D eigenvalue weighted by Crippen LogP contribution is -2.73. The molecule has 10 aliphatic rings. The molecule has 0 radical (unpaired) electrons. The van der Waals surface area contributed by atoms with Gasteiger partial charge in [-0.05, 0) is 74.7 Å². The van der Waals surface area contributed by atoms with Gasteiger partial charge in [-0.2, -0.15) is 4.57 Å².